The lowest BCUT2D eigenvalue weighted by atomic mass is 10.0. The number of aliphatic carboxylic acids is 1. The largest absolute Gasteiger partial charge is 0.480 e. The molecule has 2 aromatic carbocycles. The monoisotopic (exact) mass is 740 g/mol. The molecular formula is C35H30F6N8O4. The Bertz CT molecular complexity index is 2220. The Morgan fingerprint density at radius 1 is 0.774 bits per heavy atom. The molecule has 0 unspecified atom stereocenters. The van der Waals surface area contributed by atoms with E-state index in [0.717, 1.165) is 40.6 Å². The number of benzene rings is 2. The smallest absolute Gasteiger partial charge is 0.417 e. The normalized spacial score (nSPS) is 17.9. The van der Waals surface area contributed by atoms with Crippen LogP contribution in [0.15, 0.2) is 71.9 Å². The van der Waals surface area contributed by atoms with Crippen LogP contribution in [0.1, 0.15) is 59.7 Å². The van der Waals surface area contributed by atoms with E-state index in [-0.39, 0.29) is 58.9 Å². The van der Waals surface area contributed by atoms with Gasteiger partial charge in [-0.25, -0.2) is 14.2 Å². The van der Waals surface area contributed by atoms with Crippen molar-refractivity contribution >= 4 is 17.6 Å². The van der Waals surface area contributed by atoms with Gasteiger partial charge in [0, 0.05) is 30.4 Å². The Labute approximate surface area is 296 Å². The molecule has 2 fully saturated rings. The highest BCUT2D eigenvalue weighted by molar-refractivity contribution is 5.98. The predicted octanol–water partition coefficient (Wildman–Crippen LogP) is 6.96. The van der Waals surface area contributed by atoms with Gasteiger partial charge in [0.2, 0.25) is 0 Å². The first kappa shape index (κ1) is 35.5. The number of aromatic nitrogens is 6. The zero-order chi connectivity index (χ0) is 37.8. The molecule has 5 aromatic rings. The number of furan rings is 1. The van der Waals surface area contributed by atoms with Gasteiger partial charge in [-0.15, -0.1) is 10.2 Å². The maximum Gasteiger partial charge on any atom is 0.417 e. The Hall–Kier alpha value is -5.94. The van der Waals surface area contributed by atoms with Gasteiger partial charge in [0.15, 0.2) is 11.5 Å². The minimum atomic E-state index is -4.95. The highest BCUT2D eigenvalue weighted by atomic mass is 19.4. The number of hydrogen-bond acceptors (Lipinski definition) is 8. The number of nitrogens with zero attached hydrogens (tertiary/aromatic N) is 8. The average Bonchev–Trinajstić information content (AvgIpc) is 3.96. The topological polar surface area (TPSA) is 135 Å². The number of alkyl halides is 6. The summed E-state index contributed by atoms with van der Waals surface area (Å²) >= 11 is 0. The van der Waals surface area contributed by atoms with Gasteiger partial charge >= 0.3 is 18.3 Å². The number of carboxylic acid groups (broad SMARTS) is 1. The minimum absolute atomic E-state index is 0.0176. The van der Waals surface area contributed by atoms with E-state index in [0.29, 0.717) is 18.7 Å². The Morgan fingerprint density at radius 2 is 1.28 bits per heavy atom. The summed E-state index contributed by atoms with van der Waals surface area (Å²) in [5.41, 5.74) is -2.21. The van der Waals surface area contributed by atoms with Crippen LogP contribution < -0.4 is 0 Å². The van der Waals surface area contributed by atoms with E-state index in [1.54, 1.807) is 0 Å². The van der Waals surface area contributed by atoms with E-state index in [9.17, 15) is 41.0 Å². The summed E-state index contributed by atoms with van der Waals surface area (Å²) in [6.07, 6.45) is -4.71. The van der Waals surface area contributed by atoms with Crippen LogP contribution in [-0.2, 0) is 17.1 Å². The maximum absolute atomic E-state index is 14.2. The van der Waals surface area contributed by atoms with Crippen LogP contribution in [0.4, 0.5) is 26.3 Å². The Morgan fingerprint density at radius 3 is 1.79 bits per heavy atom. The molecule has 2 aliphatic heterocycles. The molecule has 3 aromatic heterocycles. The van der Waals surface area contributed by atoms with Crippen molar-refractivity contribution in [2.45, 2.75) is 57.0 Å². The molecule has 0 bridgehead atoms. The van der Waals surface area contributed by atoms with Crippen molar-refractivity contribution in [3.05, 3.63) is 89.8 Å². The summed E-state index contributed by atoms with van der Waals surface area (Å²) in [7, 11) is 0. The summed E-state index contributed by atoms with van der Waals surface area (Å²) in [6.45, 7) is 6.55. The fourth-order valence-electron chi connectivity index (χ4n) is 6.79. The van der Waals surface area contributed by atoms with Gasteiger partial charge in [-0.3, -0.25) is 4.79 Å². The Balaban J connectivity index is 1.12. The van der Waals surface area contributed by atoms with Crippen LogP contribution >= 0.6 is 0 Å². The number of rotatable bonds is 8. The predicted molar refractivity (Wildman–Crippen MR) is 176 cm³/mol. The second-order valence-corrected chi connectivity index (χ2v) is 12.8. The quantitative estimate of drug-likeness (QED) is 0.168. The van der Waals surface area contributed by atoms with E-state index in [1.165, 1.54) is 47.4 Å². The van der Waals surface area contributed by atoms with Crippen molar-refractivity contribution in [2.75, 3.05) is 13.1 Å². The Kier molecular flexibility index (Phi) is 8.86. The zero-order valence-corrected chi connectivity index (χ0v) is 27.9. The molecule has 2 saturated heterocycles. The summed E-state index contributed by atoms with van der Waals surface area (Å²) in [6, 6.07) is 8.65. The molecule has 18 heteroatoms. The molecule has 0 radical (unpaired) electrons. The molecule has 276 valence electrons. The van der Waals surface area contributed by atoms with Gasteiger partial charge in [0.25, 0.3) is 5.91 Å². The van der Waals surface area contributed by atoms with Crippen molar-refractivity contribution in [2.24, 2.45) is 0 Å². The number of carbonyl (C=O) groups excluding carboxylic acids is 1. The van der Waals surface area contributed by atoms with Crippen LogP contribution in [0, 0.1) is 0 Å². The van der Waals surface area contributed by atoms with Crippen molar-refractivity contribution in [1.29, 1.82) is 0 Å². The van der Waals surface area contributed by atoms with Crippen molar-refractivity contribution in [3.8, 4) is 34.3 Å². The molecule has 0 saturated carbocycles. The number of halogens is 6. The average molecular weight is 741 g/mol. The highest BCUT2D eigenvalue weighted by Crippen LogP contribution is 2.39. The van der Waals surface area contributed by atoms with Crippen LogP contribution in [0.2, 0.25) is 0 Å². The van der Waals surface area contributed by atoms with Crippen molar-refractivity contribution in [3.63, 3.8) is 0 Å². The molecule has 53 heavy (non-hydrogen) atoms. The molecule has 0 aliphatic carbocycles. The molecule has 12 nitrogen and oxygen atoms in total. The number of carbonyl (C=O) groups is 2. The van der Waals surface area contributed by atoms with Crippen LogP contribution in [-0.4, -0.2) is 81.9 Å². The number of carboxylic acids is 1. The second kappa shape index (κ2) is 13.2. The second-order valence-electron chi connectivity index (χ2n) is 12.8. The summed E-state index contributed by atoms with van der Waals surface area (Å²) in [5.74, 6) is -2.01. The lowest BCUT2D eigenvalue weighted by Gasteiger charge is -2.28. The third kappa shape index (κ3) is 6.75. The van der Waals surface area contributed by atoms with Gasteiger partial charge in [-0.2, -0.15) is 26.3 Å². The number of amides is 1. The van der Waals surface area contributed by atoms with Crippen LogP contribution in [0.25, 0.3) is 40.0 Å². The standard InChI is InChI=1S/C35H30F6N8O4/c1-19-5-3-13-46(19)20(2)23-9-7-21(15-25(23)34(36,37)38)48-17-27(42-44-48)30-11-12-31(53-30)28-18-49(45-43-28)22-8-10-24(26(16-22)35(39,40)41)32(50)47-14-4-6-29(47)33(51)52/h7-12,15-19,29H,2-6,13-14H2,1H3,(H,51,52)/t19-,29+/m1/s1. The van der Waals surface area contributed by atoms with Crippen LogP contribution in [0.5, 0.6) is 0 Å². The first-order valence-electron chi connectivity index (χ1n) is 16.5. The molecule has 2 aliphatic rings. The van der Waals surface area contributed by atoms with E-state index in [2.05, 4.69) is 27.2 Å². The van der Waals surface area contributed by atoms with Gasteiger partial charge in [-0.1, -0.05) is 23.1 Å². The molecule has 1 N–H and O–H groups in total. The van der Waals surface area contributed by atoms with Crippen LogP contribution in [0.3, 0.4) is 0 Å². The highest BCUT2D eigenvalue weighted by Gasteiger charge is 2.41. The molecule has 2 atom stereocenters. The summed E-state index contributed by atoms with van der Waals surface area (Å²) < 4.78 is 93.3. The molecule has 1 amide bonds. The number of hydrogen-bond donors (Lipinski definition) is 1. The zero-order valence-electron chi connectivity index (χ0n) is 27.9. The molecule has 5 heterocycles. The fourth-order valence-corrected chi connectivity index (χ4v) is 6.79. The first-order chi connectivity index (χ1) is 25.1. The molecular weight excluding hydrogens is 710 g/mol. The van der Waals surface area contributed by atoms with E-state index < -0.39 is 47.0 Å². The lowest BCUT2D eigenvalue weighted by Crippen LogP contribution is -2.41. The minimum Gasteiger partial charge on any atom is -0.480 e. The summed E-state index contributed by atoms with van der Waals surface area (Å²) in [5, 5.41) is 25.3. The SMILES string of the molecule is C=C(c1ccc(-n2cc(-c3ccc(-c4cn(-c5ccc(C(=O)N6CCC[C@H]6C(=O)O)c(C(F)(F)F)c5)nn4)o3)nn2)cc1C(F)(F)F)N1CCC[C@H]1C. The van der Waals surface area contributed by atoms with Crippen molar-refractivity contribution < 1.29 is 45.5 Å². The maximum atomic E-state index is 14.2. The third-order valence-electron chi connectivity index (χ3n) is 9.48. The molecule has 7 rings (SSSR count). The van der Waals surface area contributed by atoms with Gasteiger partial charge in [-0.05, 0) is 75.1 Å². The third-order valence-corrected chi connectivity index (χ3v) is 9.48. The van der Waals surface area contributed by atoms with Gasteiger partial charge < -0.3 is 19.3 Å². The van der Waals surface area contributed by atoms with Crippen molar-refractivity contribution in [1.82, 2.24) is 39.8 Å². The number of likely N-dealkylation sites (tertiary alicyclic amines) is 2. The van der Waals surface area contributed by atoms with E-state index in [4.69, 9.17) is 4.42 Å². The van der Waals surface area contributed by atoms with E-state index in [1.807, 2.05) is 11.8 Å². The lowest BCUT2D eigenvalue weighted by molar-refractivity contribution is -0.141. The van der Waals surface area contributed by atoms with Gasteiger partial charge in [0.1, 0.15) is 17.4 Å². The summed E-state index contributed by atoms with van der Waals surface area (Å²) in [4.78, 5) is 27.4. The van der Waals surface area contributed by atoms with E-state index >= 15 is 0 Å². The molecule has 0 spiro atoms. The van der Waals surface area contributed by atoms with Gasteiger partial charge in [0.05, 0.1) is 40.5 Å². The fraction of sp³-hybridized carbons (Fsp3) is 0.314. The first-order valence-corrected chi connectivity index (χ1v) is 16.5.